The Balaban J connectivity index is 1.95. The minimum Gasteiger partial charge on any atom is -0.478 e. The van der Waals surface area contributed by atoms with Crippen LogP contribution in [0, 0.1) is 0 Å². The largest absolute Gasteiger partial charge is 0.478 e. The highest BCUT2D eigenvalue weighted by Gasteiger charge is 2.17. The first-order valence-corrected chi connectivity index (χ1v) is 6.22. The van der Waals surface area contributed by atoms with E-state index in [9.17, 15) is 9.59 Å². The highest BCUT2D eigenvalue weighted by Crippen LogP contribution is 2.20. The number of benzene rings is 1. The van der Waals surface area contributed by atoms with Crippen molar-refractivity contribution < 1.29 is 14.7 Å². The molecule has 0 unspecified atom stereocenters. The molecule has 1 saturated heterocycles. The van der Waals surface area contributed by atoms with E-state index in [4.69, 9.17) is 10.8 Å². The topological polar surface area (TPSA) is 95.7 Å². The molecule has 6 nitrogen and oxygen atoms in total. The van der Waals surface area contributed by atoms with Gasteiger partial charge in [-0.3, -0.25) is 4.79 Å². The number of hydrogen-bond donors (Lipinski definition) is 3. The number of likely N-dealkylation sites (tertiary alicyclic amines) is 1. The van der Waals surface area contributed by atoms with Crippen molar-refractivity contribution in [1.82, 2.24) is 4.90 Å². The van der Waals surface area contributed by atoms with Gasteiger partial charge in [0.1, 0.15) is 0 Å². The molecule has 1 heterocycles. The van der Waals surface area contributed by atoms with E-state index in [-0.39, 0.29) is 18.0 Å². The number of carbonyl (C=O) groups is 2. The Morgan fingerprint density at radius 3 is 2.58 bits per heavy atom. The maximum absolute atomic E-state index is 11.8. The smallest absolute Gasteiger partial charge is 0.335 e. The Bertz CT molecular complexity index is 496. The average molecular weight is 263 g/mol. The Kier molecular flexibility index (Phi) is 3.89. The first-order valence-electron chi connectivity index (χ1n) is 6.22. The van der Waals surface area contributed by atoms with Crippen LogP contribution in [0.15, 0.2) is 18.2 Å². The van der Waals surface area contributed by atoms with E-state index in [1.807, 2.05) is 4.90 Å². The number of nitrogens with zero attached hydrogens (tertiary/aromatic N) is 1. The lowest BCUT2D eigenvalue weighted by molar-refractivity contribution is -0.128. The molecular weight excluding hydrogens is 246 g/mol. The minimum absolute atomic E-state index is 0.0409. The van der Waals surface area contributed by atoms with Crippen LogP contribution in [0.4, 0.5) is 11.4 Å². The molecule has 6 heteroatoms. The molecule has 0 spiro atoms. The van der Waals surface area contributed by atoms with Gasteiger partial charge in [-0.1, -0.05) is 0 Å². The van der Waals surface area contributed by atoms with Gasteiger partial charge in [-0.2, -0.15) is 0 Å². The predicted molar refractivity (Wildman–Crippen MR) is 72.1 cm³/mol. The van der Waals surface area contributed by atoms with Crippen molar-refractivity contribution in [2.75, 3.05) is 30.7 Å². The van der Waals surface area contributed by atoms with Crippen LogP contribution in [-0.2, 0) is 4.79 Å². The Labute approximate surface area is 111 Å². The number of nitrogens with two attached hydrogens (primary N) is 1. The Morgan fingerprint density at radius 2 is 2.00 bits per heavy atom. The molecular formula is C13H17N3O3. The predicted octanol–water partition coefficient (Wildman–Crippen LogP) is 1.00. The van der Waals surface area contributed by atoms with Gasteiger partial charge < -0.3 is 21.1 Å². The number of carbonyl (C=O) groups excluding carboxylic acids is 1. The molecule has 1 amide bonds. The summed E-state index contributed by atoms with van der Waals surface area (Å²) in [5.74, 6) is -0.981. The number of carboxylic acids is 1. The van der Waals surface area contributed by atoms with E-state index in [0.717, 1.165) is 25.9 Å². The number of nitrogens with one attached hydrogen (secondary N) is 1. The third-order valence-electron chi connectivity index (χ3n) is 3.19. The van der Waals surface area contributed by atoms with Crippen LogP contribution in [0.1, 0.15) is 23.2 Å². The zero-order valence-corrected chi connectivity index (χ0v) is 10.6. The molecule has 1 fully saturated rings. The zero-order valence-electron chi connectivity index (χ0n) is 10.6. The van der Waals surface area contributed by atoms with E-state index < -0.39 is 5.97 Å². The molecule has 1 aliphatic heterocycles. The second kappa shape index (κ2) is 5.60. The molecule has 0 aromatic heterocycles. The molecule has 1 aromatic rings. The fraction of sp³-hybridized carbons (Fsp3) is 0.385. The van der Waals surface area contributed by atoms with Gasteiger partial charge in [0.05, 0.1) is 23.5 Å². The molecule has 0 atom stereocenters. The van der Waals surface area contributed by atoms with Crippen LogP contribution in [0.2, 0.25) is 0 Å². The van der Waals surface area contributed by atoms with Crippen LogP contribution in [-0.4, -0.2) is 41.5 Å². The summed E-state index contributed by atoms with van der Waals surface area (Å²) in [5.41, 5.74) is 6.79. The van der Waals surface area contributed by atoms with Gasteiger partial charge in [-0.05, 0) is 31.0 Å². The molecule has 4 N–H and O–H groups in total. The van der Waals surface area contributed by atoms with E-state index in [1.165, 1.54) is 12.1 Å². The van der Waals surface area contributed by atoms with Crippen molar-refractivity contribution in [3.63, 3.8) is 0 Å². The Morgan fingerprint density at radius 1 is 1.32 bits per heavy atom. The van der Waals surface area contributed by atoms with E-state index in [1.54, 1.807) is 6.07 Å². The van der Waals surface area contributed by atoms with Crippen molar-refractivity contribution in [3.05, 3.63) is 23.8 Å². The number of hydrogen-bond acceptors (Lipinski definition) is 4. The third kappa shape index (κ3) is 3.15. The van der Waals surface area contributed by atoms with E-state index >= 15 is 0 Å². The molecule has 1 aromatic carbocycles. The fourth-order valence-corrected chi connectivity index (χ4v) is 2.11. The van der Waals surface area contributed by atoms with Crippen LogP contribution in [0.5, 0.6) is 0 Å². The number of amides is 1. The summed E-state index contributed by atoms with van der Waals surface area (Å²) < 4.78 is 0. The van der Waals surface area contributed by atoms with Crippen LogP contribution >= 0.6 is 0 Å². The van der Waals surface area contributed by atoms with E-state index in [0.29, 0.717) is 11.4 Å². The molecule has 0 radical (unpaired) electrons. The maximum atomic E-state index is 11.8. The van der Waals surface area contributed by atoms with Crippen molar-refractivity contribution in [2.24, 2.45) is 0 Å². The molecule has 2 rings (SSSR count). The molecule has 0 aliphatic carbocycles. The zero-order chi connectivity index (χ0) is 13.8. The van der Waals surface area contributed by atoms with E-state index in [2.05, 4.69) is 5.32 Å². The molecule has 19 heavy (non-hydrogen) atoms. The minimum atomic E-state index is -1.02. The van der Waals surface area contributed by atoms with Crippen molar-refractivity contribution in [2.45, 2.75) is 12.8 Å². The van der Waals surface area contributed by atoms with Gasteiger partial charge >= 0.3 is 5.97 Å². The van der Waals surface area contributed by atoms with Crippen molar-refractivity contribution in [1.29, 1.82) is 0 Å². The first kappa shape index (κ1) is 13.2. The summed E-state index contributed by atoms with van der Waals surface area (Å²) in [4.78, 5) is 24.4. The molecule has 102 valence electrons. The van der Waals surface area contributed by atoms with Gasteiger partial charge in [0.25, 0.3) is 0 Å². The third-order valence-corrected chi connectivity index (χ3v) is 3.19. The second-order valence-corrected chi connectivity index (χ2v) is 4.55. The van der Waals surface area contributed by atoms with Gasteiger partial charge in [-0.25, -0.2) is 4.79 Å². The summed E-state index contributed by atoms with van der Waals surface area (Å²) >= 11 is 0. The number of aromatic carboxylic acids is 1. The van der Waals surface area contributed by atoms with Gasteiger partial charge in [0.15, 0.2) is 0 Å². The summed E-state index contributed by atoms with van der Waals surface area (Å²) in [6.07, 6.45) is 2.11. The normalized spacial score (nSPS) is 14.4. The molecule has 1 aliphatic rings. The highest BCUT2D eigenvalue weighted by molar-refractivity contribution is 5.91. The molecule has 0 saturated carbocycles. The summed E-state index contributed by atoms with van der Waals surface area (Å²) in [5, 5.41) is 11.8. The first-order chi connectivity index (χ1) is 9.08. The monoisotopic (exact) mass is 263 g/mol. The lowest BCUT2D eigenvalue weighted by Gasteiger charge is -2.16. The van der Waals surface area contributed by atoms with Crippen LogP contribution < -0.4 is 11.1 Å². The van der Waals surface area contributed by atoms with Crippen LogP contribution in [0.25, 0.3) is 0 Å². The SMILES string of the molecule is Nc1cc(C(=O)O)ccc1NCC(=O)N1CCCC1. The van der Waals surface area contributed by atoms with Gasteiger partial charge in [-0.15, -0.1) is 0 Å². The lowest BCUT2D eigenvalue weighted by Crippen LogP contribution is -2.33. The van der Waals surface area contributed by atoms with Gasteiger partial charge in [0, 0.05) is 13.1 Å². The Hall–Kier alpha value is -2.24. The number of anilines is 2. The second-order valence-electron chi connectivity index (χ2n) is 4.55. The maximum Gasteiger partial charge on any atom is 0.335 e. The number of rotatable bonds is 4. The lowest BCUT2D eigenvalue weighted by atomic mass is 10.1. The van der Waals surface area contributed by atoms with Crippen molar-refractivity contribution >= 4 is 23.3 Å². The summed E-state index contributed by atoms with van der Waals surface area (Å²) in [7, 11) is 0. The standard InChI is InChI=1S/C13H17N3O3/c14-10-7-9(13(18)19)3-4-11(10)15-8-12(17)16-5-1-2-6-16/h3-4,7,15H,1-2,5-6,8,14H2,(H,18,19). The molecule has 0 bridgehead atoms. The average Bonchev–Trinajstić information content (AvgIpc) is 2.90. The summed E-state index contributed by atoms with van der Waals surface area (Å²) in [6, 6.07) is 4.42. The number of carboxylic acid groups (broad SMARTS) is 1. The highest BCUT2D eigenvalue weighted by atomic mass is 16.4. The summed E-state index contributed by atoms with van der Waals surface area (Å²) in [6.45, 7) is 1.80. The fourth-order valence-electron chi connectivity index (χ4n) is 2.11. The van der Waals surface area contributed by atoms with Crippen molar-refractivity contribution in [3.8, 4) is 0 Å². The van der Waals surface area contributed by atoms with Crippen LogP contribution in [0.3, 0.4) is 0 Å². The van der Waals surface area contributed by atoms with Gasteiger partial charge in [0.2, 0.25) is 5.91 Å². The number of nitrogen functional groups attached to an aromatic ring is 1. The quantitative estimate of drug-likeness (QED) is 0.704.